The van der Waals surface area contributed by atoms with E-state index in [9.17, 15) is 9.59 Å². The third-order valence-corrected chi connectivity index (χ3v) is 5.59. The fourth-order valence-corrected chi connectivity index (χ4v) is 3.89. The molecule has 148 valence electrons. The van der Waals surface area contributed by atoms with Gasteiger partial charge in [0, 0.05) is 30.2 Å². The average molecular weight is 452 g/mol. The van der Waals surface area contributed by atoms with Crippen LogP contribution in [0.1, 0.15) is 24.0 Å². The summed E-state index contributed by atoms with van der Waals surface area (Å²) in [6.45, 7) is 3.05. The van der Waals surface area contributed by atoms with Crippen molar-refractivity contribution in [2.45, 2.75) is 32.9 Å². The molecular weight excluding hydrogens is 430 g/mol. The summed E-state index contributed by atoms with van der Waals surface area (Å²) < 4.78 is 4.60. The second-order valence-corrected chi connectivity index (χ2v) is 8.13. The molecule has 1 amide bonds. The second-order valence-electron chi connectivity index (χ2n) is 7.22. The molecule has 0 bridgehead atoms. The molecule has 0 radical (unpaired) electrons. The maximum atomic E-state index is 13.0. The summed E-state index contributed by atoms with van der Waals surface area (Å²) in [6.07, 6.45) is 2.87. The van der Waals surface area contributed by atoms with Crippen LogP contribution in [0.15, 0.2) is 70.1 Å². The highest BCUT2D eigenvalue weighted by Gasteiger charge is 2.11. The van der Waals surface area contributed by atoms with Crippen LogP contribution < -0.4 is 10.9 Å². The van der Waals surface area contributed by atoms with Crippen LogP contribution in [0.3, 0.4) is 0 Å². The van der Waals surface area contributed by atoms with Gasteiger partial charge in [0.2, 0.25) is 5.91 Å². The van der Waals surface area contributed by atoms with Crippen molar-refractivity contribution in [3.63, 3.8) is 0 Å². The lowest BCUT2D eigenvalue weighted by molar-refractivity contribution is -0.121. The number of nitrogens with one attached hydrogen (secondary N) is 1. The van der Waals surface area contributed by atoms with E-state index in [-0.39, 0.29) is 11.5 Å². The number of aryl methyl sites for hydroxylation is 2. The number of carbonyl (C=O) groups is 1. The molecule has 0 spiro atoms. The van der Waals surface area contributed by atoms with Gasteiger partial charge in [-0.05, 0) is 49.2 Å². The van der Waals surface area contributed by atoms with Gasteiger partial charge in [-0.3, -0.25) is 9.59 Å². The molecule has 0 saturated carbocycles. The van der Waals surface area contributed by atoms with E-state index in [1.807, 2.05) is 72.1 Å². The van der Waals surface area contributed by atoms with Gasteiger partial charge in [-0.25, -0.2) is 0 Å². The Balaban J connectivity index is 1.47. The molecule has 0 aliphatic heterocycles. The van der Waals surface area contributed by atoms with Crippen molar-refractivity contribution in [1.29, 1.82) is 0 Å². The Morgan fingerprint density at radius 1 is 1.03 bits per heavy atom. The molecule has 0 aliphatic carbocycles. The van der Waals surface area contributed by atoms with E-state index in [0.29, 0.717) is 31.4 Å². The number of fused-ring (bicyclic) bond motifs is 3. The third kappa shape index (κ3) is 4.12. The van der Waals surface area contributed by atoms with Crippen molar-refractivity contribution >= 4 is 38.4 Å². The number of halogens is 1. The van der Waals surface area contributed by atoms with E-state index < -0.39 is 0 Å². The minimum Gasteiger partial charge on any atom is -0.352 e. The maximum absolute atomic E-state index is 13.0. The van der Waals surface area contributed by atoms with Gasteiger partial charge in [-0.1, -0.05) is 45.8 Å². The molecule has 29 heavy (non-hydrogen) atoms. The van der Waals surface area contributed by atoms with Crippen molar-refractivity contribution < 1.29 is 4.79 Å². The predicted molar refractivity (Wildman–Crippen MR) is 119 cm³/mol. The lowest BCUT2D eigenvalue weighted by Crippen LogP contribution is -2.25. The van der Waals surface area contributed by atoms with Gasteiger partial charge >= 0.3 is 0 Å². The monoisotopic (exact) mass is 451 g/mol. The SMILES string of the molecule is Cc1ccc(CNC(=O)CCCn2c(=O)c3cccn3c3ccc(Br)cc32)cc1. The number of amides is 1. The fraction of sp³-hybridized carbons (Fsp3) is 0.217. The quantitative estimate of drug-likeness (QED) is 0.471. The Hall–Kier alpha value is -2.86. The van der Waals surface area contributed by atoms with Crippen LogP contribution >= 0.6 is 15.9 Å². The minimum atomic E-state index is -0.0411. The first-order chi connectivity index (χ1) is 14.0. The van der Waals surface area contributed by atoms with Gasteiger partial charge in [0.1, 0.15) is 5.52 Å². The standard InChI is InChI=1S/C23H22BrN3O2/c1-16-6-8-17(9-7-16)15-25-22(28)5-3-13-27-21-14-18(24)10-11-19(21)26-12-2-4-20(26)23(27)29/h2,4,6-12,14H,3,5,13,15H2,1H3,(H,25,28). The summed E-state index contributed by atoms with van der Waals surface area (Å²) in [6, 6.07) is 17.7. The van der Waals surface area contributed by atoms with Crippen molar-refractivity contribution in [2.24, 2.45) is 0 Å². The molecule has 5 nitrogen and oxygen atoms in total. The van der Waals surface area contributed by atoms with E-state index in [0.717, 1.165) is 21.1 Å². The molecule has 0 saturated heterocycles. The number of carbonyl (C=O) groups excluding carboxylic acids is 1. The zero-order valence-electron chi connectivity index (χ0n) is 16.2. The third-order valence-electron chi connectivity index (χ3n) is 5.10. The number of rotatable bonds is 6. The highest BCUT2D eigenvalue weighted by Crippen LogP contribution is 2.20. The Bertz CT molecular complexity index is 1240. The summed E-state index contributed by atoms with van der Waals surface area (Å²) in [4.78, 5) is 25.2. The predicted octanol–water partition coefficient (Wildman–Crippen LogP) is 4.42. The second kappa shape index (κ2) is 8.25. The van der Waals surface area contributed by atoms with E-state index in [1.54, 1.807) is 4.57 Å². The van der Waals surface area contributed by atoms with E-state index in [2.05, 4.69) is 21.2 Å². The summed E-state index contributed by atoms with van der Waals surface area (Å²) >= 11 is 3.50. The molecule has 2 aromatic carbocycles. The van der Waals surface area contributed by atoms with Gasteiger partial charge in [-0.2, -0.15) is 0 Å². The van der Waals surface area contributed by atoms with Gasteiger partial charge in [0.05, 0.1) is 11.0 Å². The number of aromatic nitrogens is 2. The van der Waals surface area contributed by atoms with Crippen LogP contribution in [0.5, 0.6) is 0 Å². The Labute approximate surface area is 177 Å². The topological polar surface area (TPSA) is 55.5 Å². The van der Waals surface area contributed by atoms with Crippen LogP contribution in [0.2, 0.25) is 0 Å². The molecule has 0 fully saturated rings. The lowest BCUT2D eigenvalue weighted by Gasteiger charge is -2.13. The summed E-state index contributed by atoms with van der Waals surface area (Å²) in [7, 11) is 0. The molecule has 2 heterocycles. The molecule has 1 N–H and O–H groups in total. The fourth-order valence-electron chi connectivity index (χ4n) is 3.54. The first kappa shape index (κ1) is 19.5. The minimum absolute atomic E-state index is 0.00660. The zero-order chi connectivity index (χ0) is 20.4. The number of benzene rings is 2. The first-order valence-corrected chi connectivity index (χ1v) is 10.4. The smallest absolute Gasteiger partial charge is 0.275 e. The van der Waals surface area contributed by atoms with Crippen LogP contribution in [0.4, 0.5) is 0 Å². The number of hydrogen-bond donors (Lipinski definition) is 1. The Morgan fingerprint density at radius 3 is 2.62 bits per heavy atom. The summed E-state index contributed by atoms with van der Waals surface area (Å²) in [5.41, 5.74) is 4.70. The molecule has 4 rings (SSSR count). The highest BCUT2D eigenvalue weighted by molar-refractivity contribution is 9.10. The van der Waals surface area contributed by atoms with Crippen molar-refractivity contribution in [3.05, 3.63) is 86.7 Å². The molecule has 0 unspecified atom stereocenters. The largest absolute Gasteiger partial charge is 0.352 e. The van der Waals surface area contributed by atoms with Crippen molar-refractivity contribution in [2.75, 3.05) is 0 Å². The van der Waals surface area contributed by atoms with Gasteiger partial charge in [0.15, 0.2) is 0 Å². The molecule has 0 atom stereocenters. The molecule has 2 aromatic heterocycles. The highest BCUT2D eigenvalue weighted by atomic mass is 79.9. The average Bonchev–Trinajstić information content (AvgIpc) is 3.20. The van der Waals surface area contributed by atoms with E-state index >= 15 is 0 Å². The number of hydrogen-bond acceptors (Lipinski definition) is 2. The molecular formula is C23H22BrN3O2. The lowest BCUT2D eigenvalue weighted by atomic mass is 10.1. The van der Waals surface area contributed by atoms with Gasteiger partial charge < -0.3 is 14.3 Å². The molecule has 0 aliphatic rings. The van der Waals surface area contributed by atoms with Crippen LogP contribution in [0.25, 0.3) is 16.6 Å². The molecule has 4 aromatic rings. The Morgan fingerprint density at radius 2 is 1.83 bits per heavy atom. The van der Waals surface area contributed by atoms with Crippen LogP contribution in [0, 0.1) is 6.92 Å². The van der Waals surface area contributed by atoms with Gasteiger partial charge in [0.25, 0.3) is 5.56 Å². The van der Waals surface area contributed by atoms with Crippen LogP contribution in [-0.2, 0) is 17.9 Å². The van der Waals surface area contributed by atoms with E-state index in [4.69, 9.17) is 0 Å². The zero-order valence-corrected chi connectivity index (χ0v) is 17.8. The Kier molecular flexibility index (Phi) is 5.53. The van der Waals surface area contributed by atoms with Crippen molar-refractivity contribution in [1.82, 2.24) is 14.3 Å². The van der Waals surface area contributed by atoms with Crippen LogP contribution in [-0.4, -0.2) is 14.9 Å². The summed E-state index contributed by atoms with van der Waals surface area (Å²) in [5, 5.41) is 2.95. The molecule has 6 heteroatoms. The van der Waals surface area contributed by atoms with E-state index in [1.165, 1.54) is 5.56 Å². The maximum Gasteiger partial charge on any atom is 0.275 e. The summed E-state index contributed by atoms with van der Waals surface area (Å²) in [5.74, 6) is -0.00660. The van der Waals surface area contributed by atoms with Crippen molar-refractivity contribution in [3.8, 4) is 0 Å². The number of nitrogens with zero attached hydrogens (tertiary/aromatic N) is 2. The normalized spacial score (nSPS) is 11.2. The first-order valence-electron chi connectivity index (χ1n) is 9.64. The van der Waals surface area contributed by atoms with Gasteiger partial charge in [-0.15, -0.1) is 0 Å².